The summed E-state index contributed by atoms with van der Waals surface area (Å²) in [5.41, 5.74) is 4.56. The highest BCUT2D eigenvalue weighted by Gasteiger charge is 2.02. The van der Waals surface area contributed by atoms with Crippen LogP contribution in [0.25, 0.3) is 0 Å². The van der Waals surface area contributed by atoms with E-state index >= 15 is 0 Å². The predicted octanol–water partition coefficient (Wildman–Crippen LogP) is 0.791. The second kappa shape index (κ2) is 5.47. The van der Waals surface area contributed by atoms with Crippen LogP contribution in [-0.4, -0.2) is 24.8 Å². The highest BCUT2D eigenvalue weighted by molar-refractivity contribution is 5.54. The Labute approximate surface area is 84.3 Å². The lowest BCUT2D eigenvalue weighted by molar-refractivity contribution is 0.302. The first-order chi connectivity index (χ1) is 6.81. The highest BCUT2D eigenvalue weighted by atomic mass is 16.3. The van der Waals surface area contributed by atoms with Crippen molar-refractivity contribution in [3.63, 3.8) is 0 Å². The van der Waals surface area contributed by atoms with Gasteiger partial charge in [0.25, 0.3) is 0 Å². The number of hydrogen-bond acceptors (Lipinski definition) is 4. The molecule has 0 radical (unpaired) electrons. The second-order valence-electron chi connectivity index (χ2n) is 2.99. The van der Waals surface area contributed by atoms with Crippen LogP contribution in [-0.2, 0) is 0 Å². The van der Waals surface area contributed by atoms with Crippen molar-refractivity contribution in [1.29, 1.82) is 0 Å². The summed E-state index contributed by atoms with van der Waals surface area (Å²) in [4.78, 5) is 2.10. The first-order valence-corrected chi connectivity index (χ1v) is 4.74. The van der Waals surface area contributed by atoms with Gasteiger partial charge in [0.1, 0.15) is 0 Å². The van der Waals surface area contributed by atoms with E-state index in [4.69, 9.17) is 10.9 Å². The van der Waals surface area contributed by atoms with Crippen LogP contribution in [0.2, 0.25) is 0 Å². The van der Waals surface area contributed by atoms with E-state index in [0.29, 0.717) is 6.54 Å². The van der Waals surface area contributed by atoms with E-state index in [1.165, 1.54) is 0 Å². The van der Waals surface area contributed by atoms with Crippen LogP contribution in [0.5, 0.6) is 0 Å². The molecule has 0 saturated carbocycles. The number of hydrazine groups is 1. The molecule has 78 valence electrons. The monoisotopic (exact) mass is 195 g/mol. The molecule has 14 heavy (non-hydrogen) atoms. The lowest BCUT2D eigenvalue weighted by Gasteiger charge is -2.22. The normalized spacial score (nSPS) is 9.93. The standard InChI is InChI=1S/C10H17N3O/c1-2-13(7-8-14)10-5-3-9(12-11)4-6-10/h3-6,12,14H,2,7-8,11H2,1H3. The Morgan fingerprint density at radius 1 is 1.36 bits per heavy atom. The number of nitrogen functional groups attached to an aromatic ring is 1. The van der Waals surface area contributed by atoms with E-state index in [0.717, 1.165) is 17.9 Å². The molecule has 0 saturated heterocycles. The van der Waals surface area contributed by atoms with E-state index < -0.39 is 0 Å². The third-order valence-electron chi connectivity index (χ3n) is 2.15. The molecule has 4 N–H and O–H groups in total. The Morgan fingerprint density at radius 2 is 2.00 bits per heavy atom. The van der Waals surface area contributed by atoms with Gasteiger partial charge >= 0.3 is 0 Å². The second-order valence-corrected chi connectivity index (χ2v) is 2.99. The molecule has 0 unspecified atom stereocenters. The van der Waals surface area contributed by atoms with Crippen LogP contribution in [0.3, 0.4) is 0 Å². The number of nitrogens with one attached hydrogen (secondary N) is 1. The maximum Gasteiger partial charge on any atom is 0.0606 e. The summed E-state index contributed by atoms with van der Waals surface area (Å²) in [5, 5.41) is 8.86. The summed E-state index contributed by atoms with van der Waals surface area (Å²) in [7, 11) is 0. The average Bonchev–Trinajstić information content (AvgIpc) is 2.26. The van der Waals surface area contributed by atoms with Gasteiger partial charge in [0.2, 0.25) is 0 Å². The first kappa shape index (κ1) is 10.8. The maximum atomic E-state index is 8.86. The molecule has 0 amide bonds. The van der Waals surface area contributed by atoms with Crippen LogP contribution in [0.15, 0.2) is 24.3 Å². The molecule has 0 bridgehead atoms. The molecule has 0 aliphatic heterocycles. The first-order valence-electron chi connectivity index (χ1n) is 4.74. The molecule has 0 aromatic heterocycles. The third-order valence-corrected chi connectivity index (χ3v) is 2.15. The Morgan fingerprint density at radius 3 is 2.43 bits per heavy atom. The van der Waals surface area contributed by atoms with Gasteiger partial charge < -0.3 is 15.4 Å². The number of likely N-dealkylation sites (N-methyl/N-ethyl adjacent to an activating group) is 1. The number of nitrogens with two attached hydrogens (primary N) is 1. The van der Waals surface area contributed by atoms with Crippen molar-refractivity contribution < 1.29 is 5.11 Å². The molecule has 0 heterocycles. The van der Waals surface area contributed by atoms with Crippen LogP contribution < -0.4 is 16.2 Å². The summed E-state index contributed by atoms with van der Waals surface area (Å²) >= 11 is 0. The molecular formula is C10H17N3O. The van der Waals surface area contributed by atoms with Crippen molar-refractivity contribution >= 4 is 11.4 Å². The number of rotatable bonds is 5. The smallest absolute Gasteiger partial charge is 0.0606 e. The molecular weight excluding hydrogens is 178 g/mol. The molecule has 0 aliphatic rings. The number of aliphatic hydroxyl groups excluding tert-OH is 1. The van der Waals surface area contributed by atoms with E-state index in [-0.39, 0.29) is 6.61 Å². The van der Waals surface area contributed by atoms with Gasteiger partial charge in [-0.25, -0.2) is 0 Å². The Kier molecular flexibility index (Phi) is 4.22. The van der Waals surface area contributed by atoms with Gasteiger partial charge in [-0.3, -0.25) is 5.84 Å². The molecule has 1 rings (SSSR count). The van der Waals surface area contributed by atoms with E-state index in [1.807, 2.05) is 24.3 Å². The number of anilines is 2. The summed E-state index contributed by atoms with van der Waals surface area (Å²) < 4.78 is 0. The molecule has 1 aromatic rings. The summed E-state index contributed by atoms with van der Waals surface area (Å²) in [6.45, 7) is 3.78. The van der Waals surface area contributed by atoms with Gasteiger partial charge in [0.05, 0.1) is 6.61 Å². The number of hydrogen-bond donors (Lipinski definition) is 3. The molecule has 1 aromatic carbocycles. The van der Waals surface area contributed by atoms with Gasteiger partial charge in [-0.1, -0.05) is 0 Å². The minimum absolute atomic E-state index is 0.171. The van der Waals surface area contributed by atoms with Crippen molar-refractivity contribution in [2.24, 2.45) is 5.84 Å². The van der Waals surface area contributed by atoms with Gasteiger partial charge in [-0.05, 0) is 31.2 Å². The van der Waals surface area contributed by atoms with Crippen molar-refractivity contribution in [3.05, 3.63) is 24.3 Å². The Hall–Kier alpha value is -1.26. The zero-order valence-electron chi connectivity index (χ0n) is 8.40. The van der Waals surface area contributed by atoms with Crippen LogP contribution in [0.1, 0.15) is 6.92 Å². The van der Waals surface area contributed by atoms with E-state index in [1.54, 1.807) is 0 Å². The quantitative estimate of drug-likeness (QED) is 0.480. The maximum absolute atomic E-state index is 8.86. The highest BCUT2D eigenvalue weighted by Crippen LogP contribution is 2.16. The fourth-order valence-electron chi connectivity index (χ4n) is 1.36. The average molecular weight is 195 g/mol. The largest absolute Gasteiger partial charge is 0.395 e. The minimum atomic E-state index is 0.171. The summed E-state index contributed by atoms with van der Waals surface area (Å²) in [5.74, 6) is 5.26. The topological polar surface area (TPSA) is 61.5 Å². The lowest BCUT2D eigenvalue weighted by atomic mass is 10.2. The SMILES string of the molecule is CCN(CCO)c1ccc(NN)cc1. The fourth-order valence-corrected chi connectivity index (χ4v) is 1.36. The predicted molar refractivity (Wildman–Crippen MR) is 59.2 cm³/mol. The van der Waals surface area contributed by atoms with Gasteiger partial charge in [0, 0.05) is 24.5 Å². The fraction of sp³-hybridized carbons (Fsp3) is 0.400. The molecule has 4 heteroatoms. The van der Waals surface area contributed by atoms with Gasteiger partial charge in [-0.2, -0.15) is 0 Å². The van der Waals surface area contributed by atoms with E-state index in [9.17, 15) is 0 Å². The lowest BCUT2D eigenvalue weighted by Crippen LogP contribution is -2.26. The van der Waals surface area contributed by atoms with Crippen molar-refractivity contribution in [1.82, 2.24) is 0 Å². The third kappa shape index (κ3) is 2.61. The molecule has 0 fully saturated rings. The number of aliphatic hydroxyl groups is 1. The van der Waals surface area contributed by atoms with Crippen molar-refractivity contribution in [3.8, 4) is 0 Å². The summed E-state index contributed by atoms with van der Waals surface area (Å²) in [6, 6.07) is 7.79. The van der Waals surface area contributed by atoms with Crippen molar-refractivity contribution in [2.45, 2.75) is 6.92 Å². The molecule has 4 nitrogen and oxygen atoms in total. The van der Waals surface area contributed by atoms with Crippen LogP contribution in [0.4, 0.5) is 11.4 Å². The Balaban J connectivity index is 2.73. The molecule has 0 spiro atoms. The zero-order chi connectivity index (χ0) is 10.4. The number of nitrogens with zero attached hydrogens (tertiary/aromatic N) is 1. The van der Waals surface area contributed by atoms with Crippen molar-refractivity contribution in [2.75, 3.05) is 30.0 Å². The Bertz CT molecular complexity index is 261. The summed E-state index contributed by atoms with van der Waals surface area (Å²) in [6.07, 6.45) is 0. The van der Waals surface area contributed by atoms with Gasteiger partial charge in [0.15, 0.2) is 0 Å². The minimum Gasteiger partial charge on any atom is -0.395 e. The van der Waals surface area contributed by atoms with Crippen LogP contribution in [0, 0.1) is 0 Å². The zero-order valence-corrected chi connectivity index (χ0v) is 8.40. The molecule has 0 atom stereocenters. The van der Waals surface area contributed by atoms with Crippen LogP contribution >= 0.6 is 0 Å². The van der Waals surface area contributed by atoms with E-state index in [2.05, 4.69) is 17.2 Å². The molecule has 0 aliphatic carbocycles. The number of benzene rings is 1. The van der Waals surface area contributed by atoms with Gasteiger partial charge in [-0.15, -0.1) is 0 Å².